The number of fused-ring (bicyclic) bond motifs is 1. The number of carbonyl (C=O) groups is 1. The molecule has 0 saturated heterocycles. The van der Waals surface area contributed by atoms with Crippen LogP contribution in [0.2, 0.25) is 5.02 Å². The lowest BCUT2D eigenvalue weighted by Gasteiger charge is -2.07. The minimum atomic E-state index is -4.05. The van der Waals surface area contributed by atoms with Crippen LogP contribution in [-0.2, 0) is 23.0 Å². The second-order valence-corrected chi connectivity index (χ2v) is 9.13. The number of aryl methyl sites for hydroxylation is 1. The smallest absolute Gasteiger partial charge is 0.239 e. The first-order valence-corrected chi connectivity index (χ1v) is 11.6. The van der Waals surface area contributed by atoms with Crippen LogP contribution in [0.5, 0.6) is 0 Å². The number of nitrogens with two attached hydrogens (primary N) is 1. The predicted molar refractivity (Wildman–Crippen MR) is 121 cm³/mol. The number of primary sulfonamides is 1. The Bertz CT molecular complexity index is 1400. The second kappa shape index (κ2) is 8.26. The molecule has 8 heteroatoms. The highest BCUT2D eigenvalue weighted by molar-refractivity contribution is 7.89. The summed E-state index contributed by atoms with van der Waals surface area (Å²) in [4.78, 5) is 12.8. The van der Waals surface area contributed by atoms with Crippen LogP contribution in [0.25, 0.3) is 10.9 Å². The summed E-state index contributed by atoms with van der Waals surface area (Å²) in [6.45, 7) is 2.61. The maximum absolute atomic E-state index is 13.1. The van der Waals surface area contributed by atoms with Crippen molar-refractivity contribution in [2.24, 2.45) is 5.14 Å². The van der Waals surface area contributed by atoms with E-state index in [-0.39, 0.29) is 21.3 Å². The van der Waals surface area contributed by atoms with Gasteiger partial charge in [0.2, 0.25) is 10.0 Å². The Labute approximate surface area is 185 Å². The number of carbonyl (C=O) groups excluding carboxylic acids is 1. The van der Waals surface area contributed by atoms with Gasteiger partial charge in [-0.3, -0.25) is 9.48 Å². The monoisotopic (exact) mass is 453 g/mol. The molecule has 0 saturated carbocycles. The summed E-state index contributed by atoms with van der Waals surface area (Å²) in [6.07, 6.45) is 0.764. The predicted octanol–water partition coefficient (Wildman–Crippen LogP) is 4.18. The molecule has 2 N–H and O–H groups in total. The van der Waals surface area contributed by atoms with Crippen molar-refractivity contribution >= 4 is 38.3 Å². The molecule has 1 heterocycles. The minimum Gasteiger partial charge on any atom is -0.289 e. The number of hydrogen-bond acceptors (Lipinski definition) is 4. The Kier molecular flexibility index (Phi) is 5.66. The van der Waals surface area contributed by atoms with Crippen LogP contribution in [-0.4, -0.2) is 24.0 Å². The maximum Gasteiger partial charge on any atom is 0.239 e. The molecule has 0 aliphatic rings. The molecule has 4 rings (SSSR count). The zero-order valence-corrected chi connectivity index (χ0v) is 18.3. The van der Waals surface area contributed by atoms with Gasteiger partial charge >= 0.3 is 0 Å². The van der Waals surface area contributed by atoms with Crippen molar-refractivity contribution in [3.05, 3.63) is 94.1 Å². The van der Waals surface area contributed by atoms with Crippen LogP contribution < -0.4 is 5.14 Å². The van der Waals surface area contributed by atoms with Crippen molar-refractivity contribution in [3.63, 3.8) is 0 Å². The molecule has 31 heavy (non-hydrogen) atoms. The van der Waals surface area contributed by atoms with E-state index in [0.717, 1.165) is 28.6 Å². The molecule has 0 radical (unpaired) electrons. The first-order valence-electron chi connectivity index (χ1n) is 9.68. The van der Waals surface area contributed by atoms with Gasteiger partial charge in [-0.1, -0.05) is 61.0 Å². The Morgan fingerprint density at radius 2 is 1.71 bits per heavy atom. The van der Waals surface area contributed by atoms with Crippen LogP contribution in [0, 0.1) is 0 Å². The summed E-state index contributed by atoms with van der Waals surface area (Å²) < 4.78 is 25.4. The van der Waals surface area contributed by atoms with Gasteiger partial charge in [0.15, 0.2) is 5.78 Å². The molecule has 0 aliphatic heterocycles. The topological polar surface area (TPSA) is 95.0 Å². The van der Waals surface area contributed by atoms with E-state index in [4.69, 9.17) is 21.8 Å². The lowest BCUT2D eigenvalue weighted by atomic mass is 10.0. The molecule has 0 atom stereocenters. The van der Waals surface area contributed by atoms with Crippen molar-refractivity contribution in [1.29, 1.82) is 0 Å². The van der Waals surface area contributed by atoms with Gasteiger partial charge in [-0.15, -0.1) is 0 Å². The quantitative estimate of drug-likeness (QED) is 0.443. The molecule has 6 nitrogen and oxygen atoms in total. The van der Waals surface area contributed by atoms with Crippen LogP contribution in [0.3, 0.4) is 0 Å². The van der Waals surface area contributed by atoms with Crippen LogP contribution in [0.15, 0.2) is 71.6 Å². The van der Waals surface area contributed by atoms with Crippen LogP contribution >= 0.6 is 11.6 Å². The Morgan fingerprint density at radius 1 is 1.03 bits per heavy atom. The van der Waals surface area contributed by atoms with E-state index in [1.807, 2.05) is 48.0 Å². The summed E-state index contributed by atoms with van der Waals surface area (Å²) in [5.41, 5.74) is 3.51. The number of benzene rings is 3. The molecule has 3 aromatic carbocycles. The third-order valence-corrected chi connectivity index (χ3v) is 6.49. The van der Waals surface area contributed by atoms with E-state index in [0.29, 0.717) is 12.1 Å². The normalized spacial score (nSPS) is 11.7. The number of aromatic nitrogens is 2. The van der Waals surface area contributed by atoms with Gasteiger partial charge in [0.05, 0.1) is 22.8 Å². The third-order valence-electron chi connectivity index (χ3n) is 5.10. The van der Waals surface area contributed by atoms with E-state index in [1.165, 1.54) is 18.2 Å². The number of ketones is 1. The molecule has 0 aliphatic carbocycles. The van der Waals surface area contributed by atoms with Crippen LogP contribution in [0.4, 0.5) is 0 Å². The molecule has 0 bridgehead atoms. The van der Waals surface area contributed by atoms with Crippen molar-refractivity contribution in [2.45, 2.75) is 24.8 Å². The number of hydrogen-bond donors (Lipinski definition) is 1. The van der Waals surface area contributed by atoms with Gasteiger partial charge in [-0.25, -0.2) is 13.6 Å². The molecule has 0 amide bonds. The van der Waals surface area contributed by atoms with Crippen molar-refractivity contribution < 1.29 is 13.2 Å². The highest BCUT2D eigenvalue weighted by Crippen LogP contribution is 2.26. The van der Waals surface area contributed by atoms with Gasteiger partial charge in [-0.2, -0.15) is 5.10 Å². The standard InChI is InChI=1S/C23H20ClN3O3S/c1-2-20-18-10-8-16(12-21(18)27(26-20)14-15-6-4-3-5-7-15)23(28)17-9-11-19(24)22(13-17)31(25,29)30/h3-13H,2,14H2,1H3,(H2,25,29,30). The zero-order valence-electron chi connectivity index (χ0n) is 16.7. The summed E-state index contributed by atoms with van der Waals surface area (Å²) in [5, 5.41) is 10.9. The van der Waals surface area contributed by atoms with Crippen molar-refractivity contribution in [1.82, 2.24) is 9.78 Å². The lowest BCUT2D eigenvalue weighted by Crippen LogP contribution is -2.14. The Hall–Kier alpha value is -3.00. The average molecular weight is 454 g/mol. The molecular weight excluding hydrogens is 434 g/mol. The van der Waals surface area contributed by atoms with Gasteiger partial charge in [0.25, 0.3) is 0 Å². The summed E-state index contributed by atoms with van der Waals surface area (Å²) in [5.74, 6) is -0.325. The van der Waals surface area contributed by atoms with E-state index in [1.54, 1.807) is 12.1 Å². The molecule has 0 unspecified atom stereocenters. The first-order chi connectivity index (χ1) is 14.8. The third kappa shape index (κ3) is 4.25. The SMILES string of the molecule is CCc1nn(Cc2ccccc2)c2cc(C(=O)c3ccc(Cl)c(S(N)(=O)=O)c3)ccc12. The highest BCUT2D eigenvalue weighted by atomic mass is 35.5. The lowest BCUT2D eigenvalue weighted by molar-refractivity contribution is 0.103. The van der Waals surface area contributed by atoms with Gasteiger partial charge in [-0.05, 0) is 36.2 Å². The number of sulfonamides is 1. The fraction of sp³-hybridized carbons (Fsp3) is 0.130. The van der Waals surface area contributed by atoms with E-state index in [9.17, 15) is 13.2 Å². The summed E-state index contributed by atoms with van der Waals surface area (Å²) >= 11 is 5.94. The molecule has 158 valence electrons. The highest BCUT2D eigenvalue weighted by Gasteiger charge is 2.19. The maximum atomic E-state index is 13.1. The van der Waals surface area contributed by atoms with Gasteiger partial charge in [0, 0.05) is 16.5 Å². The van der Waals surface area contributed by atoms with Crippen molar-refractivity contribution in [3.8, 4) is 0 Å². The second-order valence-electron chi connectivity index (χ2n) is 7.19. The minimum absolute atomic E-state index is 0.0250. The van der Waals surface area contributed by atoms with E-state index in [2.05, 4.69) is 0 Å². The average Bonchev–Trinajstić information content (AvgIpc) is 3.10. The number of halogens is 1. The van der Waals surface area contributed by atoms with Gasteiger partial charge in [0.1, 0.15) is 4.90 Å². The number of nitrogens with zero attached hydrogens (tertiary/aromatic N) is 2. The Balaban J connectivity index is 1.78. The van der Waals surface area contributed by atoms with Crippen molar-refractivity contribution in [2.75, 3.05) is 0 Å². The van der Waals surface area contributed by atoms with Crippen LogP contribution in [0.1, 0.15) is 34.1 Å². The Morgan fingerprint density at radius 3 is 2.39 bits per heavy atom. The molecular formula is C23H20ClN3O3S. The zero-order chi connectivity index (χ0) is 22.2. The summed E-state index contributed by atoms with van der Waals surface area (Å²) in [6, 6.07) is 19.4. The summed E-state index contributed by atoms with van der Waals surface area (Å²) in [7, 11) is -4.05. The fourth-order valence-corrected chi connectivity index (χ4v) is 4.62. The molecule has 1 aromatic heterocycles. The fourth-order valence-electron chi connectivity index (χ4n) is 3.55. The largest absolute Gasteiger partial charge is 0.289 e. The van der Waals surface area contributed by atoms with Gasteiger partial charge < -0.3 is 0 Å². The van der Waals surface area contributed by atoms with E-state index >= 15 is 0 Å². The molecule has 0 spiro atoms. The van der Waals surface area contributed by atoms with E-state index < -0.39 is 10.0 Å². The number of rotatable bonds is 6. The molecule has 4 aromatic rings. The first kappa shape index (κ1) is 21.2. The molecule has 0 fully saturated rings.